The first-order valence-corrected chi connectivity index (χ1v) is 4.16. The van der Waals surface area contributed by atoms with Gasteiger partial charge in [-0.3, -0.25) is 4.79 Å². The van der Waals surface area contributed by atoms with Crippen LogP contribution in [0.4, 0.5) is 0 Å². The zero-order chi connectivity index (χ0) is 8.27. The molecule has 2 nitrogen and oxygen atoms in total. The summed E-state index contributed by atoms with van der Waals surface area (Å²) in [5, 5.41) is 0. The van der Waals surface area contributed by atoms with Crippen molar-refractivity contribution >= 4 is 22.6 Å². The van der Waals surface area contributed by atoms with Gasteiger partial charge in [0.05, 0.1) is 7.11 Å². The van der Waals surface area contributed by atoms with Crippen molar-refractivity contribution in [1.29, 1.82) is 0 Å². The van der Waals surface area contributed by atoms with Crippen LogP contribution in [0.1, 0.15) is 0 Å². The topological polar surface area (TPSA) is 26.3 Å². The lowest BCUT2D eigenvalue weighted by Crippen LogP contribution is -1.98. The van der Waals surface area contributed by atoms with Crippen LogP contribution in [-0.4, -0.2) is 7.11 Å². The molecule has 0 unspecified atom stereocenters. The number of ether oxygens (including phenoxy) is 1. The fourth-order valence-corrected chi connectivity index (χ4v) is 1.06. The van der Waals surface area contributed by atoms with Gasteiger partial charge >= 0.3 is 0 Å². The second kappa shape index (κ2) is 3.71. The predicted molar refractivity (Wildman–Crippen MR) is 52.0 cm³/mol. The van der Waals surface area contributed by atoms with E-state index < -0.39 is 0 Å². The van der Waals surface area contributed by atoms with Gasteiger partial charge in [-0.05, 0) is 46.9 Å². The van der Waals surface area contributed by atoms with Gasteiger partial charge in [0.25, 0.3) is 0 Å². The van der Waals surface area contributed by atoms with Gasteiger partial charge in [0.2, 0.25) is 5.43 Å². The SMILES string of the molecule is COc1ccc(I)ccc1=O. The van der Waals surface area contributed by atoms with E-state index in [1.807, 2.05) is 6.07 Å². The molecular formula is C8H7IO2. The van der Waals surface area contributed by atoms with Gasteiger partial charge in [0.1, 0.15) is 0 Å². The van der Waals surface area contributed by atoms with Crippen LogP contribution in [0.15, 0.2) is 29.1 Å². The van der Waals surface area contributed by atoms with Crippen LogP contribution in [-0.2, 0) is 0 Å². The minimum atomic E-state index is -0.0876. The first kappa shape index (κ1) is 8.52. The van der Waals surface area contributed by atoms with Crippen molar-refractivity contribution in [3.05, 3.63) is 38.1 Å². The highest BCUT2D eigenvalue weighted by Crippen LogP contribution is 2.04. The first-order chi connectivity index (χ1) is 5.24. The third-order valence-electron chi connectivity index (χ3n) is 1.25. The molecular weight excluding hydrogens is 255 g/mol. The second-order valence-electron chi connectivity index (χ2n) is 1.98. The molecule has 0 aliphatic heterocycles. The second-order valence-corrected chi connectivity index (χ2v) is 3.23. The van der Waals surface area contributed by atoms with Crippen molar-refractivity contribution in [2.45, 2.75) is 0 Å². The van der Waals surface area contributed by atoms with Crippen LogP contribution in [0.3, 0.4) is 0 Å². The maximum absolute atomic E-state index is 11.1. The molecule has 0 N–H and O–H groups in total. The third-order valence-corrected chi connectivity index (χ3v) is 1.97. The smallest absolute Gasteiger partial charge is 0.220 e. The zero-order valence-corrected chi connectivity index (χ0v) is 8.16. The highest BCUT2D eigenvalue weighted by molar-refractivity contribution is 14.1. The van der Waals surface area contributed by atoms with E-state index in [2.05, 4.69) is 22.6 Å². The largest absolute Gasteiger partial charge is 0.493 e. The van der Waals surface area contributed by atoms with Crippen molar-refractivity contribution < 1.29 is 4.74 Å². The van der Waals surface area contributed by atoms with E-state index in [1.54, 1.807) is 12.1 Å². The van der Waals surface area contributed by atoms with E-state index in [0.717, 1.165) is 3.57 Å². The highest BCUT2D eigenvalue weighted by Gasteiger charge is 1.93. The van der Waals surface area contributed by atoms with Crippen LogP contribution >= 0.6 is 22.6 Å². The van der Waals surface area contributed by atoms with E-state index >= 15 is 0 Å². The fourth-order valence-electron chi connectivity index (χ4n) is 0.699. The quantitative estimate of drug-likeness (QED) is 0.719. The van der Waals surface area contributed by atoms with Gasteiger partial charge in [0.15, 0.2) is 5.75 Å². The van der Waals surface area contributed by atoms with E-state index in [9.17, 15) is 4.79 Å². The van der Waals surface area contributed by atoms with Gasteiger partial charge in [-0.2, -0.15) is 0 Å². The molecule has 0 atom stereocenters. The molecule has 0 spiro atoms. The van der Waals surface area contributed by atoms with Crippen LogP contribution < -0.4 is 10.2 Å². The summed E-state index contributed by atoms with van der Waals surface area (Å²) in [6, 6.07) is 6.76. The summed E-state index contributed by atoms with van der Waals surface area (Å²) in [5.41, 5.74) is -0.0876. The normalized spacial score (nSPS) is 9.27. The van der Waals surface area contributed by atoms with Crippen molar-refractivity contribution in [2.24, 2.45) is 0 Å². The van der Waals surface area contributed by atoms with Crippen molar-refractivity contribution in [3.63, 3.8) is 0 Å². The molecule has 1 aromatic rings. The Kier molecular flexibility index (Phi) is 2.87. The molecule has 0 radical (unpaired) electrons. The number of rotatable bonds is 1. The summed E-state index contributed by atoms with van der Waals surface area (Å²) in [4.78, 5) is 11.1. The molecule has 11 heavy (non-hydrogen) atoms. The molecule has 0 amide bonds. The summed E-state index contributed by atoms with van der Waals surface area (Å²) < 4.78 is 5.86. The Bertz CT molecular complexity index is 309. The van der Waals surface area contributed by atoms with Gasteiger partial charge in [0, 0.05) is 3.57 Å². The average molecular weight is 262 g/mol. The van der Waals surface area contributed by atoms with Gasteiger partial charge in [-0.25, -0.2) is 0 Å². The standard InChI is InChI=1S/C8H7IO2/c1-11-8-5-3-6(9)2-4-7(8)10/h2-5H,1H3. The Morgan fingerprint density at radius 2 is 1.91 bits per heavy atom. The van der Waals surface area contributed by atoms with Gasteiger partial charge in [-0.15, -0.1) is 0 Å². The van der Waals surface area contributed by atoms with Crippen molar-refractivity contribution in [1.82, 2.24) is 0 Å². The number of halogens is 1. The minimum Gasteiger partial charge on any atom is -0.493 e. The number of hydrogen-bond acceptors (Lipinski definition) is 2. The Morgan fingerprint density at radius 1 is 1.27 bits per heavy atom. The Morgan fingerprint density at radius 3 is 2.55 bits per heavy atom. The summed E-state index contributed by atoms with van der Waals surface area (Å²) >= 11 is 2.14. The van der Waals surface area contributed by atoms with E-state index in [-0.39, 0.29) is 5.43 Å². The molecule has 0 aromatic heterocycles. The monoisotopic (exact) mass is 262 g/mol. The maximum Gasteiger partial charge on any atom is 0.220 e. The first-order valence-electron chi connectivity index (χ1n) is 3.08. The van der Waals surface area contributed by atoms with E-state index in [0.29, 0.717) is 5.75 Å². The average Bonchev–Trinajstić information content (AvgIpc) is 2.15. The maximum atomic E-state index is 11.1. The van der Waals surface area contributed by atoms with Crippen LogP contribution in [0.25, 0.3) is 0 Å². The van der Waals surface area contributed by atoms with Crippen molar-refractivity contribution in [2.75, 3.05) is 7.11 Å². The van der Waals surface area contributed by atoms with Gasteiger partial charge < -0.3 is 4.74 Å². The number of hydrogen-bond donors (Lipinski definition) is 0. The molecule has 3 heteroatoms. The molecule has 0 fully saturated rings. The molecule has 0 saturated carbocycles. The summed E-state index contributed by atoms with van der Waals surface area (Å²) in [6.07, 6.45) is 0. The van der Waals surface area contributed by atoms with Crippen LogP contribution in [0.5, 0.6) is 5.75 Å². The van der Waals surface area contributed by atoms with Crippen molar-refractivity contribution in [3.8, 4) is 5.75 Å². The lowest BCUT2D eigenvalue weighted by atomic mass is 10.5. The lowest BCUT2D eigenvalue weighted by Gasteiger charge is -1.89. The molecule has 0 bridgehead atoms. The van der Waals surface area contributed by atoms with Gasteiger partial charge in [-0.1, -0.05) is 0 Å². The summed E-state index contributed by atoms with van der Waals surface area (Å²) in [6.45, 7) is 0. The molecule has 0 aliphatic rings. The van der Waals surface area contributed by atoms with E-state index in [1.165, 1.54) is 13.2 Å². The third kappa shape index (κ3) is 2.18. The minimum absolute atomic E-state index is 0.0876. The Balaban J connectivity index is 3.33. The lowest BCUT2D eigenvalue weighted by molar-refractivity contribution is 0.411. The Labute approximate surface area is 78.3 Å². The van der Waals surface area contributed by atoms with E-state index in [4.69, 9.17) is 4.74 Å². The molecule has 0 aliphatic carbocycles. The summed E-state index contributed by atoms with van der Waals surface area (Å²) in [5.74, 6) is 0.382. The fraction of sp³-hybridized carbons (Fsp3) is 0.125. The predicted octanol–water partition coefficient (Wildman–Crippen LogP) is 1.66. The van der Waals surface area contributed by atoms with Crippen LogP contribution in [0.2, 0.25) is 0 Å². The zero-order valence-electron chi connectivity index (χ0n) is 6.00. The molecule has 1 aromatic carbocycles. The molecule has 58 valence electrons. The Hall–Kier alpha value is -0.580. The molecule has 0 heterocycles. The summed E-state index contributed by atoms with van der Waals surface area (Å²) in [7, 11) is 1.49. The highest BCUT2D eigenvalue weighted by atomic mass is 127. The molecule has 0 saturated heterocycles. The van der Waals surface area contributed by atoms with Crippen LogP contribution in [0, 0.1) is 3.57 Å². The number of methoxy groups -OCH3 is 1. The molecule has 1 rings (SSSR count).